The largest absolute Gasteiger partial charge is 0.309 e. The van der Waals surface area contributed by atoms with Gasteiger partial charge >= 0.3 is 0 Å². The van der Waals surface area contributed by atoms with Crippen LogP contribution in [0, 0.1) is 0 Å². The lowest BCUT2D eigenvalue weighted by molar-refractivity contribution is 1.06. The van der Waals surface area contributed by atoms with Crippen molar-refractivity contribution in [2.24, 2.45) is 0 Å². The van der Waals surface area contributed by atoms with Crippen LogP contribution in [-0.2, 0) is 0 Å². The first-order valence-corrected chi connectivity index (χ1v) is 21.0. The fourth-order valence-electron chi connectivity index (χ4n) is 9.13. The van der Waals surface area contributed by atoms with Crippen LogP contribution in [0.2, 0.25) is 0 Å². The van der Waals surface area contributed by atoms with Gasteiger partial charge in [0.2, 0.25) is 0 Å². The van der Waals surface area contributed by atoms with Crippen molar-refractivity contribution in [3.8, 4) is 67.8 Å². The molecule has 3 heterocycles. The van der Waals surface area contributed by atoms with E-state index in [0.29, 0.717) is 17.5 Å². The van der Waals surface area contributed by atoms with E-state index in [4.69, 9.17) is 15.0 Å². The zero-order valence-corrected chi connectivity index (χ0v) is 33.6. The summed E-state index contributed by atoms with van der Waals surface area (Å²) in [4.78, 5) is 15.4. The first-order chi connectivity index (χ1) is 30.8. The Morgan fingerprint density at radius 2 is 0.661 bits per heavy atom. The summed E-state index contributed by atoms with van der Waals surface area (Å²) in [5, 5.41) is 4.71. The van der Waals surface area contributed by atoms with E-state index in [0.717, 1.165) is 50.1 Å². The Morgan fingerprint density at radius 1 is 0.242 bits per heavy atom. The van der Waals surface area contributed by atoms with Crippen LogP contribution in [0.3, 0.4) is 0 Å². The van der Waals surface area contributed by atoms with Crippen molar-refractivity contribution in [2.75, 3.05) is 0 Å². The van der Waals surface area contributed by atoms with E-state index in [9.17, 15) is 0 Å². The van der Waals surface area contributed by atoms with Crippen molar-refractivity contribution < 1.29 is 0 Å². The van der Waals surface area contributed by atoms with Crippen LogP contribution in [0.4, 0.5) is 0 Å². The molecule has 0 aliphatic rings. The molecule has 290 valence electrons. The second-order valence-corrected chi connectivity index (χ2v) is 15.6. The van der Waals surface area contributed by atoms with Gasteiger partial charge in [0, 0.05) is 43.8 Å². The van der Waals surface area contributed by atoms with E-state index in [-0.39, 0.29) is 0 Å². The van der Waals surface area contributed by atoms with Crippen LogP contribution < -0.4 is 0 Å². The molecule has 0 unspecified atom stereocenters. The van der Waals surface area contributed by atoms with Crippen molar-refractivity contribution in [3.63, 3.8) is 0 Å². The van der Waals surface area contributed by atoms with Crippen LogP contribution in [0.5, 0.6) is 0 Å². The molecule has 9 aromatic carbocycles. The number of para-hydroxylation sites is 3. The Balaban J connectivity index is 1.12. The van der Waals surface area contributed by atoms with Gasteiger partial charge in [0.05, 0.1) is 33.4 Å². The van der Waals surface area contributed by atoms with Gasteiger partial charge in [0.1, 0.15) is 0 Å². The quantitative estimate of drug-likeness (QED) is 0.162. The van der Waals surface area contributed by atoms with Crippen LogP contribution in [0.1, 0.15) is 0 Å². The van der Waals surface area contributed by atoms with Crippen molar-refractivity contribution in [2.45, 2.75) is 0 Å². The standard InChI is InChI=1S/C57H37N5/c1-5-19-38(20-6-1)42-33-34-52(46(35-42)39-21-7-2-8-22-39)62-50-31-17-14-28-44(50)48-36-53-47(37-54(48)62)43-27-13-16-30-49(43)61(53)51-32-18-15-29-45(51)57-59-55(40-23-9-3-10-24-40)58-56(60-57)41-25-11-4-12-26-41/h1-37H. The summed E-state index contributed by atoms with van der Waals surface area (Å²) in [6.07, 6.45) is 0. The summed E-state index contributed by atoms with van der Waals surface area (Å²) in [6, 6.07) is 79.4. The average molecular weight is 792 g/mol. The Labute approximate surface area is 358 Å². The van der Waals surface area contributed by atoms with Crippen molar-refractivity contribution in [1.82, 2.24) is 24.1 Å². The molecular formula is C57H37N5. The molecule has 3 aromatic heterocycles. The SMILES string of the molecule is c1ccc(-c2ccc(-n3c4ccccc4c4cc5c(cc43)c3ccccc3n5-c3ccccc3-c3nc(-c4ccccc4)nc(-c4ccccc4)n3)c(-c3ccccc3)c2)cc1. The molecule has 0 radical (unpaired) electrons. The third-order valence-electron chi connectivity index (χ3n) is 12.0. The van der Waals surface area contributed by atoms with Gasteiger partial charge in [-0.1, -0.05) is 176 Å². The minimum absolute atomic E-state index is 0.615. The predicted octanol–water partition coefficient (Wildman–Crippen LogP) is 14.4. The number of hydrogen-bond donors (Lipinski definition) is 0. The van der Waals surface area contributed by atoms with Crippen LogP contribution in [0.15, 0.2) is 224 Å². The topological polar surface area (TPSA) is 48.5 Å². The van der Waals surface area contributed by atoms with Crippen LogP contribution in [-0.4, -0.2) is 24.1 Å². The zero-order valence-electron chi connectivity index (χ0n) is 33.6. The van der Waals surface area contributed by atoms with Gasteiger partial charge in [0.25, 0.3) is 0 Å². The van der Waals surface area contributed by atoms with E-state index in [1.807, 2.05) is 36.4 Å². The first-order valence-electron chi connectivity index (χ1n) is 21.0. The lowest BCUT2D eigenvalue weighted by Crippen LogP contribution is -2.03. The molecule has 0 saturated heterocycles. The minimum atomic E-state index is 0.615. The van der Waals surface area contributed by atoms with E-state index < -0.39 is 0 Å². The highest BCUT2D eigenvalue weighted by molar-refractivity contribution is 6.19. The maximum absolute atomic E-state index is 5.18. The van der Waals surface area contributed by atoms with Gasteiger partial charge in [-0.2, -0.15) is 0 Å². The molecule has 62 heavy (non-hydrogen) atoms. The highest BCUT2D eigenvalue weighted by Crippen LogP contribution is 2.43. The molecule has 5 heteroatoms. The maximum atomic E-state index is 5.18. The summed E-state index contributed by atoms with van der Waals surface area (Å²) in [7, 11) is 0. The fourth-order valence-corrected chi connectivity index (χ4v) is 9.13. The molecular weight excluding hydrogens is 755 g/mol. The monoisotopic (exact) mass is 791 g/mol. The summed E-state index contributed by atoms with van der Waals surface area (Å²) in [5.74, 6) is 1.88. The smallest absolute Gasteiger partial charge is 0.166 e. The number of nitrogens with zero attached hydrogens (tertiary/aromatic N) is 5. The van der Waals surface area contributed by atoms with E-state index in [1.54, 1.807) is 0 Å². The van der Waals surface area contributed by atoms with Gasteiger partial charge in [-0.3, -0.25) is 0 Å². The Kier molecular flexibility index (Phi) is 8.42. The number of rotatable bonds is 7. The molecule has 0 aliphatic heterocycles. The van der Waals surface area contributed by atoms with Crippen molar-refractivity contribution in [1.29, 1.82) is 0 Å². The van der Waals surface area contributed by atoms with E-state index >= 15 is 0 Å². The van der Waals surface area contributed by atoms with Gasteiger partial charge in [-0.05, 0) is 65.2 Å². The van der Waals surface area contributed by atoms with Gasteiger partial charge in [-0.15, -0.1) is 0 Å². The van der Waals surface area contributed by atoms with Gasteiger partial charge in [-0.25, -0.2) is 15.0 Å². The van der Waals surface area contributed by atoms with Gasteiger partial charge in [0.15, 0.2) is 17.5 Å². The number of fused-ring (bicyclic) bond motifs is 6. The Morgan fingerprint density at radius 3 is 1.21 bits per heavy atom. The summed E-state index contributed by atoms with van der Waals surface area (Å²) >= 11 is 0. The lowest BCUT2D eigenvalue weighted by Gasteiger charge is -2.16. The number of aromatic nitrogens is 5. The average Bonchev–Trinajstić information content (AvgIpc) is 3.85. The third kappa shape index (κ3) is 5.90. The third-order valence-corrected chi connectivity index (χ3v) is 12.0. The highest BCUT2D eigenvalue weighted by atomic mass is 15.1. The summed E-state index contributed by atoms with van der Waals surface area (Å²) in [6.45, 7) is 0. The molecule has 0 bridgehead atoms. The number of hydrogen-bond acceptors (Lipinski definition) is 3. The minimum Gasteiger partial charge on any atom is -0.309 e. The highest BCUT2D eigenvalue weighted by Gasteiger charge is 2.23. The second-order valence-electron chi connectivity index (χ2n) is 15.6. The molecule has 0 saturated carbocycles. The zero-order chi connectivity index (χ0) is 41.0. The van der Waals surface area contributed by atoms with Crippen LogP contribution in [0.25, 0.3) is 111 Å². The molecule has 0 N–H and O–H groups in total. The molecule has 0 fully saturated rings. The molecule has 12 aromatic rings. The summed E-state index contributed by atoms with van der Waals surface area (Å²) < 4.78 is 4.85. The van der Waals surface area contributed by atoms with Crippen LogP contribution >= 0.6 is 0 Å². The Hall–Kier alpha value is -8.41. The van der Waals surface area contributed by atoms with Crippen molar-refractivity contribution in [3.05, 3.63) is 224 Å². The summed E-state index contributed by atoms with van der Waals surface area (Å²) in [5.41, 5.74) is 14.2. The normalized spacial score (nSPS) is 11.5. The molecule has 0 spiro atoms. The molecule has 0 aliphatic carbocycles. The molecule has 0 atom stereocenters. The predicted molar refractivity (Wildman–Crippen MR) is 256 cm³/mol. The molecule has 12 rings (SSSR count). The second kappa shape index (κ2) is 14.7. The Bertz CT molecular complexity index is 3550. The fraction of sp³-hybridized carbons (Fsp3) is 0. The van der Waals surface area contributed by atoms with Gasteiger partial charge < -0.3 is 9.13 Å². The first kappa shape index (κ1) is 35.5. The lowest BCUT2D eigenvalue weighted by atomic mass is 9.97. The van der Waals surface area contributed by atoms with E-state index in [1.165, 1.54) is 43.8 Å². The molecule has 5 nitrogen and oxygen atoms in total. The van der Waals surface area contributed by atoms with Crippen molar-refractivity contribution >= 4 is 43.6 Å². The maximum Gasteiger partial charge on any atom is 0.166 e. The molecule has 0 amide bonds. The van der Waals surface area contributed by atoms with E-state index in [2.05, 4.69) is 197 Å². The number of benzene rings is 9.